The standard InChI is InChI=1S/C16H18BrNO2/c1-16(2,3)18(11-12-7-5-4-6-8-12)15(19)13-9-10-14(17)20-13/h4-10H,11H2,1-3H3. The Morgan fingerprint density at radius 1 is 1.15 bits per heavy atom. The highest BCUT2D eigenvalue weighted by Gasteiger charge is 2.29. The van der Waals surface area contributed by atoms with Crippen molar-refractivity contribution in [1.29, 1.82) is 0 Å². The largest absolute Gasteiger partial charge is 0.444 e. The van der Waals surface area contributed by atoms with E-state index in [0.29, 0.717) is 17.0 Å². The molecule has 4 heteroatoms. The third-order valence-electron chi connectivity index (χ3n) is 3.02. The summed E-state index contributed by atoms with van der Waals surface area (Å²) in [6, 6.07) is 13.4. The first-order valence-corrected chi connectivity index (χ1v) is 7.28. The Kier molecular flexibility index (Phi) is 4.33. The van der Waals surface area contributed by atoms with Crippen LogP contribution < -0.4 is 0 Å². The van der Waals surface area contributed by atoms with Gasteiger partial charge in [0.25, 0.3) is 5.91 Å². The second kappa shape index (κ2) is 5.83. The minimum atomic E-state index is -0.286. The molecule has 0 aliphatic heterocycles. The van der Waals surface area contributed by atoms with Crippen LogP contribution in [-0.2, 0) is 6.54 Å². The fraction of sp³-hybridized carbons (Fsp3) is 0.312. The fourth-order valence-corrected chi connectivity index (χ4v) is 2.25. The van der Waals surface area contributed by atoms with Gasteiger partial charge in [0.05, 0.1) is 0 Å². The van der Waals surface area contributed by atoms with Gasteiger partial charge in [-0.3, -0.25) is 4.79 Å². The molecule has 0 bridgehead atoms. The molecule has 1 aromatic carbocycles. The van der Waals surface area contributed by atoms with Crippen molar-refractivity contribution in [2.24, 2.45) is 0 Å². The van der Waals surface area contributed by atoms with Crippen LogP contribution in [0.1, 0.15) is 36.9 Å². The van der Waals surface area contributed by atoms with E-state index in [1.54, 1.807) is 12.1 Å². The first kappa shape index (κ1) is 14.9. The van der Waals surface area contributed by atoms with Gasteiger partial charge in [0.2, 0.25) is 0 Å². The summed E-state index contributed by atoms with van der Waals surface area (Å²) in [4.78, 5) is 14.4. The third kappa shape index (κ3) is 3.51. The first-order valence-electron chi connectivity index (χ1n) is 6.49. The third-order valence-corrected chi connectivity index (χ3v) is 3.45. The summed E-state index contributed by atoms with van der Waals surface area (Å²) in [6.45, 7) is 6.62. The van der Waals surface area contributed by atoms with E-state index in [9.17, 15) is 4.79 Å². The molecule has 2 rings (SSSR count). The summed E-state index contributed by atoms with van der Waals surface area (Å²) in [6.07, 6.45) is 0. The van der Waals surface area contributed by atoms with Crippen LogP contribution in [0.4, 0.5) is 0 Å². The van der Waals surface area contributed by atoms with Crippen LogP contribution in [0.3, 0.4) is 0 Å². The molecule has 0 radical (unpaired) electrons. The Bertz CT molecular complexity index is 584. The summed E-state index contributed by atoms with van der Waals surface area (Å²) >= 11 is 3.23. The Balaban J connectivity index is 2.27. The molecule has 1 aromatic heterocycles. The molecule has 20 heavy (non-hydrogen) atoms. The lowest BCUT2D eigenvalue weighted by Gasteiger charge is -2.35. The molecule has 0 unspecified atom stereocenters. The summed E-state index contributed by atoms with van der Waals surface area (Å²) in [5, 5.41) is 0. The zero-order valence-corrected chi connectivity index (χ0v) is 13.5. The number of carbonyl (C=O) groups is 1. The second-order valence-electron chi connectivity index (χ2n) is 5.65. The van der Waals surface area contributed by atoms with Gasteiger partial charge in [0, 0.05) is 12.1 Å². The average Bonchev–Trinajstić information content (AvgIpc) is 2.82. The van der Waals surface area contributed by atoms with Gasteiger partial charge < -0.3 is 9.32 Å². The van der Waals surface area contributed by atoms with Crippen molar-refractivity contribution in [1.82, 2.24) is 4.90 Å². The Morgan fingerprint density at radius 2 is 1.80 bits per heavy atom. The summed E-state index contributed by atoms with van der Waals surface area (Å²) in [5.74, 6) is 0.245. The van der Waals surface area contributed by atoms with E-state index < -0.39 is 0 Å². The zero-order chi connectivity index (χ0) is 14.8. The maximum absolute atomic E-state index is 12.6. The summed E-state index contributed by atoms with van der Waals surface area (Å²) in [5.41, 5.74) is 0.813. The number of hydrogen-bond donors (Lipinski definition) is 0. The first-order chi connectivity index (χ1) is 9.38. The predicted molar refractivity (Wildman–Crippen MR) is 82.5 cm³/mol. The molecule has 2 aromatic rings. The Morgan fingerprint density at radius 3 is 2.30 bits per heavy atom. The van der Waals surface area contributed by atoms with Crippen LogP contribution in [-0.4, -0.2) is 16.3 Å². The van der Waals surface area contributed by atoms with E-state index in [1.165, 1.54) is 0 Å². The summed E-state index contributed by atoms with van der Waals surface area (Å²) < 4.78 is 5.95. The Hall–Kier alpha value is -1.55. The second-order valence-corrected chi connectivity index (χ2v) is 6.43. The maximum Gasteiger partial charge on any atom is 0.290 e. The van der Waals surface area contributed by atoms with E-state index >= 15 is 0 Å². The molecule has 0 aliphatic carbocycles. The van der Waals surface area contributed by atoms with E-state index in [0.717, 1.165) is 5.56 Å². The quantitative estimate of drug-likeness (QED) is 0.828. The molecule has 0 saturated heterocycles. The van der Waals surface area contributed by atoms with Crippen LogP contribution in [0.15, 0.2) is 51.6 Å². The molecular formula is C16H18BrNO2. The zero-order valence-electron chi connectivity index (χ0n) is 11.9. The van der Waals surface area contributed by atoms with Crippen LogP contribution in [0.2, 0.25) is 0 Å². The van der Waals surface area contributed by atoms with Gasteiger partial charge in [-0.05, 0) is 54.4 Å². The molecule has 106 valence electrons. The molecule has 0 fully saturated rings. The van der Waals surface area contributed by atoms with Gasteiger partial charge in [-0.2, -0.15) is 0 Å². The minimum absolute atomic E-state index is 0.105. The van der Waals surface area contributed by atoms with Crippen molar-refractivity contribution in [3.8, 4) is 0 Å². The maximum atomic E-state index is 12.6. The number of benzene rings is 1. The lowest BCUT2D eigenvalue weighted by Crippen LogP contribution is -2.44. The topological polar surface area (TPSA) is 33.5 Å². The molecule has 1 heterocycles. The fourth-order valence-electron chi connectivity index (χ4n) is 1.94. The van der Waals surface area contributed by atoms with Crippen LogP contribution >= 0.6 is 15.9 Å². The number of carbonyl (C=O) groups excluding carboxylic acids is 1. The number of amides is 1. The molecule has 0 saturated carbocycles. The smallest absolute Gasteiger partial charge is 0.290 e. The van der Waals surface area contributed by atoms with Crippen molar-refractivity contribution in [2.75, 3.05) is 0 Å². The molecule has 0 N–H and O–H groups in total. The average molecular weight is 336 g/mol. The van der Waals surface area contributed by atoms with Gasteiger partial charge in [-0.15, -0.1) is 0 Å². The van der Waals surface area contributed by atoms with Crippen molar-refractivity contribution in [3.63, 3.8) is 0 Å². The van der Waals surface area contributed by atoms with Gasteiger partial charge in [-0.25, -0.2) is 0 Å². The molecule has 1 amide bonds. The normalized spacial score (nSPS) is 11.4. The molecule has 0 atom stereocenters. The highest BCUT2D eigenvalue weighted by atomic mass is 79.9. The Labute approximate surface area is 127 Å². The lowest BCUT2D eigenvalue weighted by molar-refractivity contribution is 0.0524. The van der Waals surface area contributed by atoms with E-state index in [-0.39, 0.29) is 11.4 Å². The minimum Gasteiger partial charge on any atom is -0.444 e. The molecule has 0 aliphatic rings. The van der Waals surface area contributed by atoms with E-state index in [2.05, 4.69) is 15.9 Å². The summed E-state index contributed by atoms with van der Waals surface area (Å²) in [7, 11) is 0. The number of furan rings is 1. The lowest BCUT2D eigenvalue weighted by atomic mass is 10.0. The van der Waals surface area contributed by atoms with Crippen molar-refractivity contribution < 1.29 is 9.21 Å². The van der Waals surface area contributed by atoms with Crippen LogP contribution in [0.5, 0.6) is 0 Å². The SMILES string of the molecule is CC(C)(C)N(Cc1ccccc1)C(=O)c1ccc(Br)o1. The van der Waals surface area contributed by atoms with Gasteiger partial charge in [-0.1, -0.05) is 30.3 Å². The molecular weight excluding hydrogens is 318 g/mol. The van der Waals surface area contributed by atoms with Gasteiger partial charge in [0.1, 0.15) is 0 Å². The van der Waals surface area contributed by atoms with E-state index in [4.69, 9.17) is 4.42 Å². The highest BCUT2D eigenvalue weighted by molar-refractivity contribution is 9.10. The van der Waals surface area contributed by atoms with Crippen molar-refractivity contribution >= 4 is 21.8 Å². The number of hydrogen-bond acceptors (Lipinski definition) is 2. The van der Waals surface area contributed by atoms with Crippen LogP contribution in [0.25, 0.3) is 0 Å². The number of rotatable bonds is 3. The van der Waals surface area contributed by atoms with Crippen LogP contribution in [0, 0.1) is 0 Å². The van der Waals surface area contributed by atoms with Crippen molar-refractivity contribution in [3.05, 3.63) is 58.5 Å². The molecule has 3 nitrogen and oxygen atoms in total. The van der Waals surface area contributed by atoms with Gasteiger partial charge >= 0.3 is 0 Å². The highest BCUT2D eigenvalue weighted by Crippen LogP contribution is 2.23. The predicted octanol–water partition coefficient (Wildman–Crippen LogP) is 4.48. The van der Waals surface area contributed by atoms with Crippen molar-refractivity contribution in [2.45, 2.75) is 32.9 Å². The molecule has 0 spiro atoms. The van der Waals surface area contributed by atoms with E-state index in [1.807, 2.05) is 56.0 Å². The number of nitrogens with zero attached hydrogens (tertiary/aromatic N) is 1. The number of halogens is 1. The van der Waals surface area contributed by atoms with Gasteiger partial charge in [0.15, 0.2) is 10.4 Å². The monoisotopic (exact) mass is 335 g/mol.